The lowest BCUT2D eigenvalue weighted by Crippen LogP contribution is -2.40. The van der Waals surface area contributed by atoms with Gasteiger partial charge in [0.15, 0.2) is 0 Å². The van der Waals surface area contributed by atoms with Crippen LogP contribution < -0.4 is 0 Å². The lowest BCUT2D eigenvalue weighted by Gasteiger charge is -2.31. The largest absolute Gasteiger partial charge is 0.376 e. The molecule has 0 spiro atoms. The van der Waals surface area contributed by atoms with Gasteiger partial charge in [0.2, 0.25) is 0 Å². The first-order valence-corrected chi connectivity index (χ1v) is 7.65. The Morgan fingerprint density at radius 3 is 2.39 bits per heavy atom. The summed E-state index contributed by atoms with van der Waals surface area (Å²) >= 11 is 0. The van der Waals surface area contributed by atoms with E-state index in [1.54, 1.807) is 0 Å². The van der Waals surface area contributed by atoms with E-state index in [0.717, 1.165) is 19.7 Å². The van der Waals surface area contributed by atoms with Gasteiger partial charge in [-0.2, -0.15) is 0 Å². The minimum absolute atomic E-state index is 0.297. The SMILES string of the molecule is CC(C)(C)N1CCC(OCCN2CCCCC2)C1. The van der Waals surface area contributed by atoms with E-state index in [2.05, 4.69) is 30.6 Å². The lowest BCUT2D eigenvalue weighted by molar-refractivity contribution is 0.0326. The van der Waals surface area contributed by atoms with Crippen molar-refractivity contribution in [2.45, 2.75) is 58.1 Å². The number of rotatable bonds is 4. The molecule has 0 aromatic rings. The van der Waals surface area contributed by atoms with Crippen molar-refractivity contribution in [2.24, 2.45) is 0 Å². The predicted molar refractivity (Wildman–Crippen MR) is 76.0 cm³/mol. The molecule has 0 amide bonds. The molecule has 2 fully saturated rings. The zero-order chi connectivity index (χ0) is 13.0. The molecule has 106 valence electrons. The van der Waals surface area contributed by atoms with Crippen LogP contribution in [0.15, 0.2) is 0 Å². The van der Waals surface area contributed by atoms with Crippen LogP contribution in [0.25, 0.3) is 0 Å². The minimum Gasteiger partial charge on any atom is -0.376 e. The molecule has 1 unspecified atom stereocenters. The standard InChI is InChI=1S/C15H30N2O/c1-15(2,3)17-10-7-14(13-17)18-12-11-16-8-5-4-6-9-16/h14H,4-13H2,1-3H3. The molecule has 2 rings (SSSR count). The average Bonchev–Trinajstić information content (AvgIpc) is 2.79. The third kappa shape index (κ3) is 4.22. The van der Waals surface area contributed by atoms with Crippen LogP contribution in [0.5, 0.6) is 0 Å². The molecule has 0 saturated carbocycles. The van der Waals surface area contributed by atoms with Crippen LogP contribution in [-0.2, 0) is 4.74 Å². The molecule has 2 aliphatic rings. The molecule has 0 aromatic heterocycles. The molecule has 0 aliphatic carbocycles. The number of ether oxygens (including phenoxy) is 1. The summed E-state index contributed by atoms with van der Waals surface area (Å²) in [4.78, 5) is 5.10. The molecule has 3 nitrogen and oxygen atoms in total. The van der Waals surface area contributed by atoms with Gasteiger partial charge in [-0.25, -0.2) is 0 Å². The molecule has 1 atom stereocenters. The van der Waals surface area contributed by atoms with Crippen molar-refractivity contribution in [1.29, 1.82) is 0 Å². The van der Waals surface area contributed by atoms with Crippen molar-refractivity contribution in [1.82, 2.24) is 9.80 Å². The van der Waals surface area contributed by atoms with Gasteiger partial charge in [0.05, 0.1) is 12.7 Å². The van der Waals surface area contributed by atoms with Gasteiger partial charge >= 0.3 is 0 Å². The summed E-state index contributed by atoms with van der Waals surface area (Å²) in [6.07, 6.45) is 5.84. The maximum Gasteiger partial charge on any atom is 0.0715 e. The molecule has 18 heavy (non-hydrogen) atoms. The van der Waals surface area contributed by atoms with Crippen LogP contribution in [0.4, 0.5) is 0 Å². The molecule has 3 heteroatoms. The van der Waals surface area contributed by atoms with Crippen molar-refractivity contribution in [2.75, 3.05) is 39.3 Å². The van der Waals surface area contributed by atoms with Gasteiger partial charge in [0.1, 0.15) is 0 Å². The summed E-state index contributed by atoms with van der Waals surface area (Å²) in [6.45, 7) is 13.8. The van der Waals surface area contributed by atoms with Crippen molar-refractivity contribution >= 4 is 0 Å². The van der Waals surface area contributed by atoms with E-state index in [-0.39, 0.29) is 0 Å². The number of piperidine rings is 1. The Bertz CT molecular complexity index is 243. The Morgan fingerprint density at radius 1 is 1.06 bits per heavy atom. The predicted octanol–water partition coefficient (Wildman–Crippen LogP) is 2.36. The molecule has 2 saturated heterocycles. The van der Waals surface area contributed by atoms with Crippen molar-refractivity contribution in [3.63, 3.8) is 0 Å². The minimum atomic E-state index is 0.297. The van der Waals surface area contributed by atoms with E-state index < -0.39 is 0 Å². The van der Waals surface area contributed by atoms with Gasteiger partial charge in [0, 0.05) is 25.2 Å². The summed E-state index contributed by atoms with van der Waals surface area (Å²) in [5.74, 6) is 0. The molecule has 0 bridgehead atoms. The fourth-order valence-electron chi connectivity index (χ4n) is 3.00. The highest BCUT2D eigenvalue weighted by Crippen LogP contribution is 2.22. The quantitative estimate of drug-likeness (QED) is 0.766. The molecule has 2 heterocycles. The second-order valence-electron chi connectivity index (χ2n) is 6.80. The van der Waals surface area contributed by atoms with Gasteiger partial charge in [-0.1, -0.05) is 6.42 Å². The Labute approximate surface area is 112 Å². The number of hydrogen-bond acceptors (Lipinski definition) is 3. The van der Waals surface area contributed by atoms with E-state index in [0.29, 0.717) is 11.6 Å². The average molecular weight is 254 g/mol. The molecular formula is C15H30N2O. The molecular weight excluding hydrogens is 224 g/mol. The van der Waals surface area contributed by atoms with Crippen LogP contribution in [-0.4, -0.2) is 60.8 Å². The van der Waals surface area contributed by atoms with Gasteiger partial charge in [0.25, 0.3) is 0 Å². The number of nitrogens with zero attached hydrogens (tertiary/aromatic N) is 2. The number of hydrogen-bond donors (Lipinski definition) is 0. The third-order valence-corrected chi connectivity index (χ3v) is 4.30. The highest BCUT2D eigenvalue weighted by molar-refractivity contribution is 4.85. The van der Waals surface area contributed by atoms with Gasteiger partial charge in [-0.15, -0.1) is 0 Å². The van der Waals surface area contributed by atoms with Crippen LogP contribution >= 0.6 is 0 Å². The smallest absolute Gasteiger partial charge is 0.0715 e. The van der Waals surface area contributed by atoms with Crippen molar-refractivity contribution in [3.05, 3.63) is 0 Å². The molecule has 0 radical (unpaired) electrons. The normalized spacial score (nSPS) is 27.8. The highest BCUT2D eigenvalue weighted by atomic mass is 16.5. The Kier molecular flexibility index (Phi) is 5.05. The maximum atomic E-state index is 6.05. The first-order chi connectivity index (χ1) is 8.55. The van der Waals surface area contributed by atoms with E-state index in [1.165, 1.54) is 45.3 Å². The second-order valence-corrected chi connectivity index (χ2v) is 6.80. The van der Waals surface area contributed by atoms with Gasteiger partial charge in [-0.05, 0) is 53.1 Å². The molecule has 0 N–H and O–H groups in total. The lowest BCUT2D eigenvalue weighted by atomic mass is 10.1. The fraction of sp³-hybridized carbons (Fsp3) is 1.00. The van der Waals surface area contributed by atoms with Crippen molar-refractivity contribution < 1.29 is 4.74 Å². The molecule has 2 aliphatic heterocycles. The summed E-state index contributed by atoms with van der Waals surface area (Å²) in [5.41, 5.74) is 0.297. The summed E-state index contributed by atoms with van der Waals surface area (Å²) in [6, 6.07) is 0. The Morgan fingerprint density at radius 2 is 1.78 bits per heavy atom. The molecule has 0 aromatic carbocycles. The summed E-state index contributed by atoms with van der Waals surface area (Å²) in [7, 11) is 0. The number of likely N-dealkylation sites (tertiary alicyclic amines) is 2. The fourth-order valence-corrected chi connectivity index (χ4v) is 3.00. The van der Waals surface area contributed by atoms with Crippen LogP contribution in [0, 0.1) is 0 Å². The van der Waals surface area contributed by atoms with E-state index >= 15 is 0 Å². The Hall–Kier alpha value is -0.120. The highest BCUT2D eigenvalue weighted by Gasteiger charge is 2.30. The monoisotopic (exact) mass is 254 g/mol. The Balaban J connectivity index is 1.60. The van der Waals surface area contributed by atoms with Crippen LogP contribution in [0.1, 0.15) is 46.5 Å². The third-order valence-electron chi connectivity index (χ3n) is 4.30. The first-order valence-electron chi connectivity index (χ1n) is 7.65. The van der Waals surface area contributed by atoms with Crippen LogP contribution in [0.2, 0.25) is 0 Å². The van der Waals surface area contributed by atoms with Gasteiger partial charge in [-0.3, -0.25) is 4.90 Å². The van der Waals surface area contributed by atoms with E-state index in [4.69, 9.17) is 4.74 Å². The summed E-state index contributed by atoms with van der Waals surface area (Å²) in [5, 5.41) is 0. The van der Waals surface area contributed by atoms with Crippen LogP contribution in [0.3, 0.4) is 0 Å². The zero-order valence-corrected chi connectivity index (χ0v) is 12.5. The topological polar surface area (TPSA) is 15.7 Å². The maximum absolute atomic E-state index is 6.05. The van der Waals surface area contributed by atoms with Crippen molar-refractivity contribution in [3.8, 4) is 0 Å². The van der Waals surface area contributed by atoms with E-state index in [1.807, 2.05) is 0 Å². The van der Waals surface area contributed by atoms with E-state index in [9.17, 15) is 0 Å². The first kappa shape index (κ1) is 14.3. The second kappa shape index (κ2) is 6.36. The zero-order valence-electron chi connectivity index (χ0n) is 12.5. The summed E-state index contributed by atoms with van der Waals surface area (Å²) < 4.78 is 6.05. The van der Waals surface area contributed by atoms with Gasteiger partial charge < -0.3 is 9.64 Å².